The van der Waals surface area contributed by atoms with Gasteiger partial charge in [0.25, 0.3) is 0 Å². The van der Waals surface area contributed by atoms with E-state index in [4.69, 9.17) is 0 Å². The molecule has 0 amide bonds. The van der Waals surface area contributed by atoms with E-state index >= 15 is 0 Å². The first-order valence-corrected chi connectivity index (χ1v) is 8.48. The molecule has 0 N–H and O–H groups in total. The predicted octanol–water partition coefficient (Wildman–Crippen LogP) is 4.80. The van der Waals surface area contributed by atoms with Crippen molar-refractivity contribution >= 4 is 16.9 Å². The van der Waals surface area contributed by atoms with E-state index in [-0.39, 0.29) is 0 Å². The van der Waals surface area contributed by atoms with Crippen molar-refractivity contribution in [3.05, 3.63) is 66.2 Å². The van der Waals surface area contributed by atoms with Gasteiger partial charge in [-0.15, -0.1) is 0 Å². The highest BCUT2D eigenvalue weighted by atomic mass is 15.1. The fourth-order valence-corrected chi connectivity index (χ4v) is 3.26. The van der Waals surface area contributed by atoms with Gasteiger partial charge in [0.1, 0.15) is 0 Å². The van der Waals surface area contributed by atoms with Crippen LogP contribution in [0.4, 0.5) is 11.4 Å². The summed E-state index contributed by atoms with van der Waals surface area (Å²) in [5, 5.41) is 0. The molecule has 1 aliphatic rings. The Kier molecular flexibility index (Phi) is 4.71. The number of benzene rings is 2. The Hall–Kier alpha value is -2.22. The second kappa shape index (κ2) is 6.91. The Labute approximate surface area is 140 Å². The van der Waals surface area contributed by atoms with Gasteiger partial charge in [-0.2, -0.15) is 0 Å². The zero-order valence-electron chi connectivity index (χ0n) is 14.3. The maximum atomic E-state index is 4.38. The minimum atomic E-state index is 1.11. The van der Waals surface area contributed by atoms with Crippen LogP contribution in [0.15, 0.2) is 55.1 Å². The first-order chi connectivity index (χ1) is 11.2. The Bertz CT molecular complexity index is 664. The van der Waals surface area contributed by atoms with Gasteiger partial charge < -0.3 is 9.80 Å². The molecule has 0 radical (unpaired) electrons. The summed E-state index contributed by atoms with van der Waals surface area (Å²) in [7, 11) is 4.13. The van der Waals surface area contributed by atoms with Gasteiger partial charge >= 0.3 is 0 Å². The molecule has 0 bridgehead atoms. The molecule has 1 fully saturated rings. The van der Waals surface area contributed by atoms with Crippen LogP contribution in [0.1, 0.15) is 30.4 Å². The van der Waals surface area contributed by atoms with Crippen LogP contribution < -0.4 is 9.80 Å². The molecule has 120 valence electrons. The van der Waals surface area contributed by atoms with E-state index in [1.54, 1.807) is 0 Å². The van der Waals surface area contributed by atoms with Gasteiger partial charge in [-0.05, 0) is 48.6 Å². The second-order valence-corrected chi connectivity index (χ2v) is 6.48. The first-order valence-electron chi connectivity index (χ1n) is 8.48. The van der Waals surface area contributed by atoms with Crippen LogP contribution in [-0.4, -0.2) is 27.2 Å². The van der Waals surface area contributed by atoms with Crippen molar-refractivity contribution in [2.24, 2.45) is 0 Å². The largest absolute Gasteiger partial charge is 0.378 e. The SMILES string of the molecule is C=C(c1ccc(N(C)C)cc1)c1ccccc1N1CCCCC1. The lowest BCUT2D eigenvalue weighted by Gasteiger charge is -2.31. The number of anilines is 2. The lowest BCUT2D eigenvalue weighted by molar-refractivity contribution is 0.577. The molecule has 1 heterocycles. The van der Waals surface area contributed by atoms with Crippen LogP contribution in [0, 0.1) is 0 Å². The third kappa shape index (κ3) is 3.42. The highest BCUT2D eigenvalue weighted by Crippen LogP contribution is 2.32. The van der Waals surface area contributed by atoms with Crippen molar-refractivity contribution in [1.29, 1.82) is 0 Å². The standard InChI is InChI=1S/C21H26N2/c1-17(18-11-13-19(14-12-18)22(2)3)20-9-5-6-10-21(20)23-15-7-4-8-16-23/h5-6,9-14H,1,4,7-8,15-16H2,2-3H3. The van der Waals surface area contributed by atoms with Gasteiger partial charge in [0.2, 0.25) is 0 Å². The molecule has 2 heteroatoms. The normalized spacial score (nSPS) is 14.6. The molecule has 2 aromatic carbocycles. The van der Waals surface area contributed by atoms with Crippen molar-refractivity contribution < 1.29 is 0 Å². The Morgan fingerprint density at radius 3 is 2.22 bits per heavy atom. The monoisotopic (exact) mass is 306 g/mol. The fourth-order valence-electron chi connectivity index (χ4n) is 3.26. The highest BCUT2D eigenvalue weighted by Gasteiger charge is 2.16. The van der Waals surface area contributed by atoms with Crippen molar-refractivity contribution in [2.75, 3.05) is 37.0 Å². The number of piperidine rings is 1. The summed E-state index contributed by atoms with van der Waals surface area (Å²) in [5.74, 6) is 0. The number of hydrogen-bond acceptors (Lipinski definition) is 2. The lowest BCUT2D eigenvalue weighted by atomic mass is 9.96. The molecule has 0 atom stereocenters. The quantitative estimate of drug-likeness (QED) is 0.800. The molecule has 3 rings (SSSR count). The third-order valence-electron chi connectivity index (χ3n) is 4.66. The molecule has 23 heavy (non-hydrogen) atoms. The summed E-state index contributed by atoms with van der Waals surface area (Å²) in [4.78, 5) is 4.63. The van der Waals surface area contributed by atoms with Crippen LogP contribution in [-0.2, 0) is 0 Å². The van der Waals surface area contributed by atoms with Crippen LogP contribution in [0.25, 0.3) is 5.57 Å². The molecule has 0 unspecified atom stereocenters. The Balaban J connectivity index is 1.90. The highest BCUT2D eigenvalue weighted by molar-refractivity contribution is 5.85. The van der Waals surface area contributed by atoms with E-state index in [0.717, 1.165) is 18.7 Å². The first kappa shape index (κ1) is 15.7. The zero-order chi connectivity index (χ0) is 16.2. The molecule has 0 aliphatic carbocycles. The number of hydrogen-bond donors (Lipinski definition) is 0. The molecule has 0 aromatic heterocycles. The van der Waals surface area contributed by atoms with Crippen molar-refractivity contribution in [3.8, 4) is 0 Å². The van der Waals surface area contributed by atoms with Crippen LogP contribution in [0.5, 0.6) is 0 Å². The summed E-state index contributed by atoms with van der Waals surface area (Å²) < 4.78 is 0. The van der Waals surface area contributed by atoms with Crippen LogP contribution in [0.3, 0.4) is 0 Å². The topological polar surface area (TPSA) is 6.48 Å². The molecule has 1 aliphatic heterocycles. The van der Waals surface area contributed by atoms with Crippen LogP contribution in [0.2, 0.25) is 0 Å². The summed E-state index contributed by atoms with van der Waals surface area (Å²) in [6, 6.07) is 17.3. The zero-order valence-corrected chi connectivity index (χ0v) is 14.3. The maximum Gasteiger partial charge on any atom is 0.0445 e. The third-order valence-corrected chi connectivity index (χ3v) is 4.66. The van der Waals surface area contributed by atoms with E-state index in [2.05, 4.69) is 79.0 Å². The average Bonchev–Trinajstić information content (AvgIpc) is 2.62. The maximum absolute atomic E-state index is 4.38. The van der Waals surface area contributed by atoms with Gasteiger partial charge in [0.05, 0.1) is 0 Å². The van der Waals surface area contributed by atoms with Gasteiger partial charge in [-0.3, -0.25) is 0 Å². The van der Waals surface area contributed by atoms with E-state index in [0.29, 0.717) is 0 Å². The molecule has 0 saturated carbocycles. The smallest absolute Gasteiger partial charge is 0.0445 e. The lowest BCUT2D eigenvalue weighted by Crippen LogP contribution is -2.30. The number of nitrogens with zero attached hydrogens (tertiary/aromatic N) is 2. The fraction of sp³-hybridized carbons (Fsp3) is 0.333. The van der Waals surface area contributed by atoms with E-state index < -0.39 is 0 Å². The second-order valence-electron chi connectivity index (χ2n) is 6.48. The van der Waals surface area contributed by atoms with Crippen molar-refractivity contribution in [2.45, 2.75) is 19.3 Å². The molecule has 2 aromatic rings. The van der Waals surface area contributed by atoms with E-state index in [9.17, 15) is 0 Å². The van der Waals surface area contributed by atoms with E-state index in [1.807, 2.05) is 0 Å². The van der Waals surface area contributed by atoms with Gasteiger partial charge in [0.15, 0.2) is 0 Å². The minimum absolute atomic E-state index is 1.11. The molecule has 2 nitrogen and oxygen atoms in total. The number of rotatable bonds is 4. The molecule has 0 spiro atoms. The Morgan fingerprint density at radius 2 is 1.57 bits per heavy atom. The summed E-state index contributed by atoms with van der Waals surface area (Å²) in [5.41, 5.74) is 6.10. The molecular weight excluding hydrogens is 280 g/mol. The predicted molar refractivity (Wildman–Crippen MR) is 101 cm³/mol. The van der Waals surface area contributed by atoms with Crippen LogP contribution >= 0.6 is 0 Å². The van der Waals surface area contributed by atoms with Gasteiger partial charge in [0, 0.05) is 44.1 Å². The summed E-state index contributed by atoms with van der Waals surface area (Å²) in [6.45, 7) is 6.70. The van der Waals surface area contributed by atoms with Crippen molar-refractivity contribution in [3.63, 3.8) is 0 Å². The molecule has 1 saturated heterocycles. The van der Waals surface area contributed by atoms with Gasteiger partial charge in [-0.25, -0.2) is 0 Å². The summed E-state index contributed by atoms with van der Waals surface area (Å²) >= 11 is 0. The Morgan fingerprint density at radius 1 is 0.913 bits per heavy atom. The summed E-state index contributed by atoms with van der Waals surface area (Å²) in [6.07, 6.45) is 3.93. The average molecular weight is 306 g/mol. The van der Waals surface area contributed by atoms with Crippen molar-refractivity contribution in [1.82, 2.24) is 0 Å². The van der Waals surface area contributed by atoms with E-state index in [1.165, 1.54) is 41.8 Å². The molecular formula is C21H26N2. The van der Waals surface area contributed by atoms with Gasteiger partial charge in [-0.1, -0.05) is 36.9 Å². The minimum Gasteiger partial charge on any atom is -0.378 e. The number of para-hydroxylation sites is 1.